The van der Waals surface area contributed by atoms with Gasteiger partial charge in [0.05, 0.1) is 5.02 Å². The van der Waals surface area contributed by atoms with E-state index in [2.05, 4.69) is 4.72 Å². The quantitative estimate of drug-likeness (QED) is 0.784. The van der Waals surface area contributed by atoms with E-state index in [9.17, 15) is 12.8 Å². The van der Waals surface area contributed by atoms with E-state index < -0.39 is 15.8 Å². The van der Waals surface area contributed by atoms with Crippen LogP contribution in [-0.2, 0) is 10.0 Å². The summed E-state index contributed by atoms with van der Waals surface area (Å²) < 4.78 is 38.5. The first-order chi connectivity index (χ1) is 7.47. The van der Waals surface area contributed by atoms with E-state index in [0.29, 0.717) is 13.0 Å². The number of hydrogen-bond donors (Lipinski definition) is 2. The Labute approximate surface area is 98.6 Å². The lowest BCUT2D eigenvalue weighted by atomic mass is 10.3. The third-order valence-electron chi connectivity index (χ3n) is 1.86. The van der Waals surface area contributed by atoms with E-state index in [4.69, 9.17) is 17.3 Å². The Morgan fingerprint density at radius 1 is 1.44 bits per heavy atom. The van der Waals surface area contributed by atoms with Crippen LogP contribution in [0.3, 0.4) is 0 Å². The van der Waals surface area contributed by atoms with Crippen LogP contribution in [0.1, 0.15) is 6.42 Å². The van der Waals surface area contributed by atoms with E-state index >= 15 is 0 Å². The first kappa shape index (κ1) is 13.4. The molecule has 0 radical (unpaired) electrons. The third-order valence-corrected chi connectivity index (χ3v) is 3.80. The molecule has 1 aromatic rings. The first-order valence-electron chi connectivity index (χ1n) is 4.62. The van der Waals surface area contributed by atoms with Gasteiger partial charge in [0.25, 0.3) is 0 Å². The molecule has 0 aromatic heterocycles. The van der Waals surface area contributed by atoms with Crippen LogP contribution in [0.25, 0.3) is 0 Å². The van der Waals surface area contributed by atoms with Gasteiger partial charge in [-0.3, -0.25) is 0 Å². The van der Waals surface area contributed by atoms with E-state index in [-0.39, 0.29) is 16.5 Å². The van der Waals surface area contributed by atoms with E-state index in [1.54, 1.807) is 0 Å². The zero-order chi connectivity index (χ0) is 12.2. The van der Waals surface area contributed by atoms with E-state index in [0.717, 1.165) is 12.1 Å². The van der Waals surface area contributed by atoms with E-state index in [1.165, 1.54) is 6.07 Å². The highest BCUT2D eigenvalue weighted by Crippen LogP contribution is 2.21. The molecule has 1 rings (SSSR count). The number of benzene rings is 1. The molecule has 4 nitrogen and oxygen atoms in total. The normalized spacial score (nSPS) is 11.7. The van der Waals surface area contributed by atoms with Gasteiger partial charge in [-0.1, -0.05) is 11.6 Å². The van der Waals surface area contributed by atoms with Crippen molar-refractivity contribution in [3.05, 3.63) is 29.0 Å². The molecule has 0 aliphatic carbocycles. The second-order valence-corrected chi connectivity index (χ2v) is 5.26. The fourth-order valence-electron chi connectivity index (χ4n) is 1.07. The molecule has 7 heteroatoms. The summed E-state index contributed by atoms with van der Waals surface area (Å²) in [5.41, 5.74) is 5.23. The Bertz CT molecular complexity index is 465. The van der Waals surface area contributed by atoms with Gasteiger partial charge in [0, 0.05) is 6.54 Å². The van der Waals surface area contributed by atoms with Crippen LogP contribution in [0.4, 0.5) is 4.39 Å². The Hall–Kier alpha value is -0.690. The Kier molecular flexibility index (Phi) is 4.67. The molecular weight excluding hydrogens is 255 g/mol. The molecule has 3 N–H and O–H groups in total. The first-order valence-corrected chi connectivity index (χ1v) is 6.48. The smallest absolute Gasteiger partial charge is 0.242 e. The Morgan fingerprint density at radius 3 is 2.75 bits per heavy atom. The van der Waals surface area contributed by atoms with Crippen molar-refractivity contribution in [2.45, 2.75) is 11.3 Å². The molecule has 0 unspecified atom stereocenters. The van der Waals surface area contributed by atoms with Gasteiger partial charge in [0.2, 0.25) is 10.0 Å². The van der Waals surface area contributed by atoms with Crippen molar-refractivity contribution in [2.75, 3.05) is 13.1 Å². The topological polar surface area (TPSA) is 72.2 Å². The summed E-state index contributed by atoms with van der Waals surface area (Å²) >= 11 is 5.68. The summed E-state index contributed by atoms with van der Waals surface area (Å²) in [6.07, 6.45) is 0.506. The van der Waals surface area contributed by atoms with Gasteiger partial charge in [0.15, 0.2) is 0 Å². The van der Waals surface area contributed by atoms with Crippen molar-refractivity contribution in [1.29, 1.82) is 0 Å². The van der Waals surface area contributed by atoms with Crippen LogP contribution in [0.5, 0.6) is 0 Å². The average molecular weight is 267 g/mol. The molecule has 0 aliphatic heterocycles. The highest BCUT2D eigenvalue weighted by atomic mass is 35.5. The maximum atomic E-state index is 12.9. The minimum absolute atomic E-state index is 0.0124. The zero-order valence-electron chi connectivity index (χ0n) is 8.41. The number of hydrogen-bond acceptors (Lipinski definition) is 3. The van der Waals surface area contributed by atoms with Crippen molar-refractivity contribution in [3.63, 3.8) is 0 Å². The number of rotatable bonds is 5. The number of sulfonamides is 1. The van der Waals surface area contributed by atoms with Crippen LogP contribution >= 0.6 is 11.6 Å². The highest BCUT2D eigenvalue weighted by molar-refractivity contribution is 7.89. The molecule has 0 heterocycles. The van der Waals surface area contributed by atoms with Gasteiger partial charge in [-0.25, -0.2) is 17.5 Å². The van der Waals surface area contributed by atoms with E-state index in [1.807, 2.05) is 0 Å². The Morgan fingerprint density at radius 2 is 2.12 bits per heavy atom. The summed E-state index contributed by atoms with van der Waals surface area (Å²) in [5.74, 6) is -0.649. The molecule has 0 saturated carbocycles. The van der Waals surface area contributed by atoms with Crippen molar-refractivity contribution >= 4 is 21.6 Å². The van der Waals surface area contributed by atoms with Crippen molar-refractivity contribution in [1.82, 2.24) is 4.72 Å². The standard InChI is InChI=1S/C9H12ClFN2O2S/c10-8-3-2-7(11)6-9(8)16(14,15)13-5-1-4-12/h2-3,6,13H,1,4-5,12H2. The number of nitrogens with one attached hydrogen (secondary N) is 1. The second-order valence-electron chi connectivity index (χ2n) is 3.11. The van der Waals surface area contributed by atoms with Crippen molar-refractivity contribution < 1.29 is 12.8 Å². The minimum Gasteiger partial charge on any atom is -0.330 e. The van der Waals surface area contributed by atoms with Gasteiger partial charge in [-0.2, -0.15) is 0 Å². The summed E-state index contributed by atoms with van der Waals surface area (Å²) in [6, 6.07) is 3.18. The van der Waals surface area contributed by atoms with Gasteiger partial charge < -0.3 is 5.73 Å². The molecule has 0 fully saturated rings. The second kappa shape index (κ2) is 5.58. The molecule has 0 saturated heterocycles. The van der Waals surface area contributed by atoms with Gasteiger partial charge in [0.1, 0.15) is 10.7 Å². The minimum atomic E-state index is -3.76. The molecule has 0 amide bonds. The molecular formula is C9H12ClFN2O2S. The fourth-order valence-corrected chi connectivity index (χ4v) is 2.65. The predicted molar refractivity (Wildman–Crippen MR) is 60.3 cm³/mol. The van der Waals surface area contributed by atoms with Crippen molar-refractivity contribution in [3.8, 4) is 0 Å². The van der Waals surface area contributed by atoms with Crippen LogP contribution in [0.15, 0.2) is 23.1 Å². The number of halogens is 2. The highest BCUT2D eigenvalue weighted by Gasteiger charge is 2.17. The molecule has 16 heavy (non-hydrogen) atoms. The predicted octanol–water partition coefficient (Wildman–Crippen LogP) is 1.11. The van der Waals surface area contributed by atoms with Crippen LogP contribution in [0, 0.1) is 5.82 Å². The lowest BCUT2D eigenvalue weighted by Crippen LogP contribution is -2.26. The third kappa shape index (κ3) is 3.41. The van der Waals surface area contributed by atoms with Crippen LogP contribution < -0.4 is 10.5 Å². The number of nitrogens with two attached hydrogens (primary N) is 1. The molecule has 1 aromatic carbocycles. The molecule has 0 atom stereocenters. The maximum absolute atomic E-state index is 12.9. The largest absolute Gasteiger partial charge is 0.330 e. The van der Waals surface area contributed by atoms with Gasteiger partial charge in [-0.05, 0) is 31.2 Å². The average Bonchev–Trinajstić information content (AvgIpc) is 2.22. The lowest BCUT2D eigenvalue weighted by Gasteiger charge is -2.07. The Balaban J connectivity index is 2.93. The maximum Gasteiger partial charge on any atom is 0.242 e. The molecule has 0 spiro atoms. The van der Waals surface area contributed by atoms with Gasteiger partial charge in [-0.15, -0.1) is 0 Å². The monoisotopic (exact) mass is 266 g/mol. The fraction of sp³-hybridized carbons (Fsp3) is 0.333. The SMILES string of the molecule is NCCCNS(=O)(=O)c1cc(F)ccc1Cl. The van der Waals surface area contributed by atoms with Crippen molar-refractivity contribution in [2.24, 2.45) is 5.73 Å². The molecule has 0 bridgehead atoms. The van der Waals surface area contributed by atoms with Crippen LogP contribution in [0.2, 0.25) is 5.02 Å². The summed E-state index contributed by atoms with van der Waals surface area (Å²) in [5, 5.41) is -0.0124. The molecule has 0 aliphatic rings. The lowest BCUT2D eigenvalue weighted by molar-refractivity contribution is 0.576. The summed E-state index contributed by atoms with van der Waals surface area (Å²) in [7, 11) is -3.76. The summed E-state index contributed by atoms with van der Waals surface area (Å²) in [6.45, 7) is 0.574. The van der Waals surface area contributed by atoms with Crippen LogP contribution in [-0.4, -0.2) is 21.5 Å². The van der Waals surface area contributed by atoms with Gasteiger partial charge >= 0.3 is 0 Å². The molecule has 90 valence electrons. The zero-order valence-corrected chi connectivity index (χ0v) is 9.98. The summed E-state index contributed by atoms with van der Waals surface area (Å²) in [4.78, 5) is -0.258.